The highest BCUT2D eigenvalue weighted by Crippen LogP contribution is 2.49. The molecule has 0 saturated heterocycles. The molecule has 0 nitrogen and oxygen atoms in total. The van der Waals surface area contributed by atoms with Gasteiger partial charge in [-0.15, -0.1) is 11.6 Å². The first-order chi connectivity index (χ1) is 6.72. The third-order valence-corrected chi connectivity index (χ3v) is 4.13. The van der Waals surface area contributed by atoms with Gasteiger partial charge in [0.1, 0.15) is 0 Å². The number of rotatable bonds is 3. The van der Waals surface area contributed by atoms with E-state index in [-0.39, 0.29) is 0 Å². The Hall–Kier alpha value is -0.230. The number of hydrogen-bond donors (Lipinski definition) is 0. The Bertz CT molecular complexity index is 260. The van der Waals surface area contributed by atoms with E-state index in [1.165, 1.54) is 18.4 Å². The molecule has 0 heterocycles. The number of alkyl halides is 1. The van der Waals surface area contributed by atoms with E-state index in [1.54, 1.807) is 0 Å². The number of hydrogen-bond acceptors (Lipinski definition) is 0. The van der Waals surface area contributed by atoms with Crippen molar-refractivity contribution in [3.05, 3.63) is 23.8 Å². The lowest BCUT2D eigenvalue weighted by Gasteiger charge is -2.25. The van der Waals surface area contributed by atoms with E-state index < -0.39 is 0 Å². The fourth-order valence-electron chi connectivity index (χ4n) is 2.98. The maximum absolute atomic E-state index is 6.06. The number of halogens is 1. The Morgan fingerprint density at radius 1 is 1.29 bits per heavy atom. The quantitative estimate of drug-likeness (QED) is 0.488. The summed E-state index contributed by atoms with van der Waals surface area (Å²) in [6.07, 6.45) is 9.76. The molecule has 78 valence electrons. The van der Waals surface area contributed by atoms with Gasteiger partial charge in [-0.3, -0.25) is 0 Å². The molecule has 2 rings (SSSR count). The van der Waals surface area contributed by atoms with Gasteiger partial charge < -0.3 is 0 Å². The Morgan fingerprint density at radius 2 is 1.93 bits per heavy atom. The molecule has 2 aliphatic carbocycles. The normalized spacial score (nSPS) is 39.1. The standard InChI is InChI=1S/C13H19Cl/c1-9(2)3-6-12-10-4-5-11(7-10)13(12)8-14/h3-5,10-13H,6-8H2,1-2H3. The molecular weight excluding hydrogens is 192 g/mol. The van der Waals surface area contributed by atoms with Crippen molar-refractivity contribution in [1.29, 1.82) is 0 Å². The van der Waals surface area contributed by atoms with Gasteiger partial charge in [0.15, 0.2) is 0 Å². The van der Waals surface area contributed by atoms with Gasteiger partial charge in [-0.2, -0.15) is 0 Å². The van der Waals surface area contributed by atoms with Crippen LogP contribution in [0.25, 0.3) is 0 Å². The maximum Gasteiger partial charge on any atom is 0.0260 e. The fourth-order valence-corrected chi connectivity index (χ4v) is 3.43. The van der Waals surface area contributed by atoms with Crippen molar-refractivity contribution < 1.29 is 0 Å². The van der Waals surface area contributed by atoms with Gasteiger partial charge in [-0.1, -0.05) is 23.8 Å². The molecule has 1 fully saturated rings. The van der Waals surface area contributed by atoms with Crippen molar-refractivity contribution in [2.45, 2.75) is 26.7 Å². The molecular formula is C13H19Cl. The van der Waals surface area contributed by atoms with Gasteiger partial charge in [0, 0.05) is 5.88 Å². The molecule has 4 atom stereocenters. The van der Waals surface area contributed by atoms with Gasteiger partial charge in [-0.05, 0) is 50.4 Å². The molecule has 0 aliphatic heterocycles. The molecule has 4 unspecified atom stereocenters. The summed E-state index contributed by atoms with van der Waals surface area (Å²) in [6.45, 7) is 4.36. The highest BCUT2D eigenvalue weighted by molar-refractivity contribution is 6.18. The van der Waals surface area contributed by atoms with Crippen LogP contribution >= 0.6 is 11.6 Å². The Balaban J connectivity index is 2.04. The topological polar surface area (TPSA) is 0 Å². The van der Waals surface area contributed by atoms with Crippen LogP contribution in [0.4, 0.5) is 0 Å². The van der Waals surface area contributed by atoms with Crippen LogP contribution in [-0.2, 0) is 0 Å². The summed E-state index contributed by atoms with van der Waals surface area (Å²) < 4.78 is 0. The number of fused-ring (bicyclic) bond motifs is 2. The van der Waals surface area contributed by atoms with Crippen molar-refractivity contribution in [2.24, 2.45) is 23.7 Å². The highest BCUT2D eigenvalue weighted by atomic mass is 35.5. The average molecular weight is 211 g/mol. The van der Waals surface area contributed by atoms with Crippen LogP contribution in [0.15, 0.2) is 23.8 Å². The lowest BCUT2D eigenvalue weighted by Crippen LogP contribution is -2.20. The zero-order chi connectivity index (χ0) is 10.1. The zero-order valence-electron chi connectivity index (χ0n) is 9.04. The molecule has 14 heavy (non-hydrogen) atoms. The predicted octanol–water partition coefficient (Wildman–Crippen LogP) is 4.02. The van der Waals surface area contributed by atoms with E-state index in [0.29, 0.717) is 0 Å². The van der Waals surface area contributed by atoms with Crippen LogP contribution in [0.2, 0.25) is 0 Å². The fraction of sp³-hybridized carbons (Fsp3) is 0.692. The molecule has 0 aromatic heterocycles. The molecule has 2 aliphatic rings. The molecule has 0 aromatic rings. The van der Waals surface area contributed by atoms with Crippen LogP contribution < -0.4 is 0 Å². The zero-order valence-corrected chi connectivity index (χ0v) is 9.80. The second-order valence-electron chi connectivity index (χ2n) is 4.95. The molecule has 2 bridgehead atoms. The summed E-state index contributed by atoms with van der Waals surface area (Å²) in [5.41, 5.74) is 1.44. The Labute approximate surface area is 92.0 Å². The van der Waals surface area contributed by atoms with Crippen molar-refractivity contribution in [1.82, 2.24) is 0 Å². The van der Waals surface area contributed by atoms with Gasteiger partial charge in [-0.25, -0.2) is 0 Å². The average Bonchev–Trinajstić information content (AvgIpc) is 2.72. The minimum atomic E-state index is 0.738. The molecule has 0 aromatic carbocycles. The van der Waals surface area contributed by atoms with Crippen LogP contribution in [0.1, 0.15) is 26.7 Å². The SMILES string of the molecule is CC(C)=CCC1C2C=CC(C2)C1CCl. The van der Waals surface area contributed by atoms with E-state index >= 15 is 0 Å². The van der Waals surface area contributed by atoms with Gasteiger partial charge in [0.05, 0.1) is 0 Å². The second kappa shape index (κ2) is 4.10. The smallest absolute Gasteiger partial charge is 0.0260 e. The summed E-state index contributed by atoms with van der Waals surface area (Å²) in [5, 5.41) is 0. The first-order valence-electron chi connectivity index (χ1n) is 5.60. The molecule has 0 spiro atoms. The molecule has 1 saturated carbocycles. The van der Waals surface area contributed by atoms with E-state index in [9.17, 15) is 0 Å². The van der Waals surface area contributed by atoms with Crippen molar-refractivity contribution >= 4 is 11.6 Å². The van der Waals surface area contributed by atoms with E-state index in [4.69, 9.17) is 11.6 Å². The third-order valence-electron chi connectivity index (χ3n) is 3.78. The van der Waals surface area contributed by atoms with Gasteiger partial charge in [0.2, 0.25) is 0 Å². The third kappa shape index (κ3) is 1.77. The van der Waals surface area contributed by atoms with E-state index in [0.717, 1.165) is 29.6 Å². The van der Waals surface area contributed by atoms with Crippen LogP contribution in [-0.4, -0.2) is 5.88 Å². The van der Waals surface area contributed by atoms with E-state index in [2.05, 4.69) is 32.1 Å². The first kappa shape index (κ1) is 10.3. The van der Waals surface area contributed by atoms with Crippen molar-refractivity contribution in [2.75, 3.05) is 5.88 Å². The molecule has 0 radical (unpaired) electrons. The summed E-state index contributed by atoms with van der Waals surface area (Å²) in [7, 11) is 0. The monoisotopic (exact) mass is 210 g/mol. The molecule has 0 amide bonds. The highest BCUT2D eigenvalue weighted by Gasteiger charge is 2.42. The summed E-state index contributed by atoms with van der Waals surface area (Å²) in [4.78, 5) is 0. The second-order valence-corrected chi connectivity index (χ2v) is 5.26. The van der Waals surface area contributed by atoms with Gasteiger partial charge >= 0.3 is 0 Å². The van der Waals surface area contributed by atoms with Crippen LogP contribution in [0.3, 0.4) is 0 Å². The van der Waals surface area contributed by atoms with Crippen LogP contribution in [0, 0.1) is 23.7 Å². The van der Waals surface area contributed by atoms with Crippen molar-refractivity contribution in [3.8, 4) is 0 Å². The summed E-state index contributed by atoms with van der Waals surface area (Å²) >= 11 is 6.06. The largest absolute Gasteiger partial charge is 0.126 e. The van der Waals surface area contributed by atoms with E-state index in [1.807, 2.05) is 0 Å². The minimum Gasteiger partial charge on any atom is -0.126 e. The van der Waals surface area contributed by atoms with Crippen molar-refractivity contribution in [3.63, 3.8) is 0 Å². The predicted molar refractivity (Wildman–Crippen MR) is 62.5 cm³/mol. The lowest BCUT2D eigenvalue weighted by atomic mass is 9.82. The first-order valence-corrected chi connectivity index (χ1v) is 6.13. The van der Waals surface area contributed by atoms with Crippen LogP contribution in [0.5, 0.6) is 0 Å². The lowest BCUT2D eigenvalue weighted by molar-refractivity contribution is 0.342. The maximum atomic E-state index is 6.06. The molecule has 1 heteroatoms. The van der Waals surface area contributed by atoms with Gasteiger partial charge in [0.25, 0.3) is 0 Å². The molecule has 0 N–H and O–H groups in total. The minimum absolute atomic E-state index is 0.738. The summed E-state index contributed by atoms with van der Waals surface area (Å²) in [5.74, 6) is 4.00. The Kier molecular flexibility index (Phi) is 3.02. The number of allylic oxidation sites excluding steroid dienone is 4. The summed E-state index contributed by atoms with van der Waals surface area (Å²) in [6, 6.07) is 0. The Morgan fingerprint density at radius 3 is 2.50 bits per heavy atom.